The van der Waals surface area contributed by atoms with Gasteiger partial charge in [0.2, 0.25) is 5.91 Å². The van der Waals surface area contributed by atoms with E-state index in [1.807, 2.05) is 6.07 Å². The number of carbonyl (C=O) groups is 1. The maximum absolute atomic E-state index is 12.8. The first-order valence-electron chi connectivity index (χ1n) is 10.5. The second-order valence-electron chi connectivity index (χ2n) is 8.35. The van der Waals surface area contributed by atoms with Crippen molar-refractivity contribution in [3.8, 4) is 0 Å². The van der Waals surface area contributed by atoms with Crippen LogP contribution in [0.1, 0.15) is 63.4 Å². The van der Waals surface area contributed by atoms with Crippen molar-refractivity contribution < 1.29 is 4.79 Å². The summed E-state index contributed by atoms with van der Waals surface area (Å²) in [5.41, 5.74) is 7.02. The summed E-state index contributed by atoms with van der Waals surface area (Å²) in [6, 6.07) is 10.7. The summed E-state index contributed by atoms with van der Waals surface area (Å²) in [5, 5.41) is 6.75. The molecule has 1 saturated carbocycles. The van der Waals surface area contributed by atoms with E-state index in [0.29, 0.717) is 0 Å². The Morgan fingerprint density at radius 3 is 2.58 bits per heavy atom. The van der Waals surface area contributed by atoms with E-state index in [2.05, 4.69) is 34.9 Å². The molecule has 1 atom stereocenters. The van der Waals surface area contributed by atoms with Gasteiger partial charge in [-0.05, 0) is 63.1 Å². The molecule has 1 amide bonds. The summed E-state index contributed by atoms with van der Waals surface area (Å²) in [6.07, 6.45) is 10.8. The molecule has 4 nitrogen and oxygen atoms in total. The lowest BCUT2D eigenvalue weighted by Crippen LogP contribution is -2.54. The Hall–Kier alpha value is -1.39. The van der Waals surface area contributed by atoms with Crippen LogP contribution in [0.4, 0.5) is 0 Å². The number of benzene rings is 1. The zero-order valence-electron chi connectivity index (χ0n) is 16.0. The van der Waals surface area contributed by atoms with Crippen molar-refractivity contribution in [3.05, 3.63) is 35.9 Å². The van der Waals surface area contributed by atoms with Crippen LogP contribution in [-0.2, 0) is 11.2 Å². The Morgan fingerprint density at radius 2 is 1.88 bits per heavy atom. The van der Waals surface area contributed by atoms with Gasteiger partial charge < -0.3 is 16.4 Å². The van der Waals surface area contributed by atoms with Gasteiger partial charge in [-0.15, -0.1) is 0 Å². The molecule has 0 radical (unpaired) electrons. The third kappa shape index (κ3) is 5.55. The van der Waals surface area contributed by atoms with Gasteiger partial charge >= 0.3 is 0 Å². The average molecular weight is 358 g/mol. The quantitative estimate of drug-likeness (QED) is 0.669. The van der Waals surface area contributed by atoms with E-state index >= 15 is 0 Å². The summed E-state index contributed by atoms with van der Waals surface area (Å²) in [5.74, 6) is 0.915. The summed E-state index contributed by atoms with van der Waals surface area (Å²) in [6.45, 7) is 2.31. The molecule has 1 heterocycles. The van der Waals surface area contributed by atoms with Crippen LogP contribution in [0.15, 0.2) is 30.3 Å². The smallest absolute Gasteiger partial charge is 0.240 e. The zero-order valence-corrected chi connectivity index (χ0v) is 16.0. The molecule has 1 saturated heterocycles. The molecule has 1 aromatic rings. The van der Waals surface area contributed by atoms with Crippen LogP contribution < -0.4 is 16.4 Å². The normalized spacial score (nSPS) is 21.4. The van der Waals surface area contributed by atoms with Crippen LogP contribution in [0.5, 0.6) is 0 Å². The summed E-state index contributed by atoms with van der Waals surface area (Å²) in [7, 11) is 0. The van der Waals surface area contributed by atoms with E-state index in [-0.39, 0.29) is 11.9 Å². The van der Waals surface area contributed by atoms with Crippen molar-refractivity contribution in [3.63, 3.8) is 0 Å². The van der Waals surface area contributed by atoms with E-state index in [9.17, 15) is 4.79 Å². The molecule has 1 aliphatic carbocycles. The molecule has 1 aliphatic heterocycles. The predicted molar refractivity (Wildman–Crippen MR) is 107 cm³/mol. The van der Waals surface area contributed by atoms with E-state index < -0.39 is 5.54 Å². The third-order valence-electron chi connectivity index (χ3n) is 6.23. The van der Waals surface area contributed by atoms with Crippen LogP contribution in [0, 0.1) is 5.92 Å². The Labute approximate surface area is 158 Å². The lowest BCUT2D eigenvalue weighted by molar-refractivity contribution is -0.127. The Morgan fingerprint density at radius 1 is 1.19 bits per heavy atom. The topological polar surface area (TPSA) is 67.2 Å². The number of hydrogen-bond acceptors (Lipinski definition) is 3. The van der Waals surface area contributed by atoms with Gasteiger partial charge in [-0.25, -0.2) is 0 Å². The van der Waals surface area contributed by atoms with E-state index in [4.69, 9.17) is 5.73 Å². The van der Waals surface area contributed by atoms with Crippen LogP contribution in [-0.4, -0.2) is 30.6 Å². The molecule has 0 aromatic heterocycles. The number of hydrogen-bond donors (Lipinski definition) is 3. The molecule has 1 aromatic carbocycles. The molecule has 4 heteroatoms. The molecule has 3 rings (SSSR count). The summed E-state index contributed by atoms with van der Waals surface area (Å²) >= 11 is 0. The van der Waals surface area contributed by atoms with Crippen molar-refractivity contribution >= 4 is 5.91 Å². The number of rotatable bonds is 8. The minimum absolute atomic E-state index is 0.0674. The Bertz CT molecular complexity index is 548. The number of carbonyl (C=O) groups excluding carboxylic acids is 1. The zero-order chi connectivity index (χ0) is 18.2. The molecule has 0 spiro atoms. The maximum Gasteiger partial charge on any atom is 0.240 e. The third-order valence-corrected chi connectivity index (χ3v) is 6.23. The molecule has 4 N–H and O–H groups in total. The van der Waals surface area contributed by atoms with Gasteiger partial charge in [-0.1, -0.05) is 56.0 Å². The molecule has 0 bridgehead atoms. The highest BCUT2D eigenvalue weighted by Crippen LogP contribution is 2.28. The molecule has 144 valence electrons. The van der Waals surface area contributed by atoms with Crippen molar-refractivity contribution in [2.45, 2.75) is 75.8 Å². The monoisotopic (exact) mass is 357 g/mol. The van der Waals surface area contributed by atoms with Gasteiger partial charge in [0.05, 0.1) is 5.54 Å². The fourth-order valence-electron chi connectivity index (χ4n) is 4.51. The first-order chi connectivity index (χ1) is 12.7. The molecule has 2 aliphatic rings. The van der Waals surface area contributed by atoms with Crippen molar-refractivity contribution in [1.29, 1.82) is 0 Å². The van der Waals surface area contributed by atoms with Gasteiger partial charge in [-0.2, -0.15) is 0 Å². The maximum atomic E-state index is 12.8. The van der Waals surface area contributed by atoms with E-state index in [0.717, 1.165) is 57.5 Å². The van der Waals surface area contributed by atoms with Crippen molar-refractivity contribution in [2.75, 3.05) is 13.1 Å². The van der Waals surface area contributed by atoms with Crippen molar-refractivity contribution in [1.82, 2.24) is 10.6 Å². The fraction of sp³-hybridized carbons (Fsp3) is 0.682. The second-order valence-corrected chi connectivity index (χ2v) is 8.35. The SMILES string of the molecule is NC1(C(=O)NC(CCCC2CCNCC2)Cc2ccccc2)CCCC1. The lowest BCUT2D eigenvalue weighted by Gasteiger charge is -2.28. The fourth-order valence-corrected chi connectivity index (χ4v) is 4.51. The second kappa shape index (κ2) is 9.52. The van der Waals surface area contributed by atoms with Gasteiger partial charge in [0.15, 0.2) is 0 Å². The first kappa shape index (κ1) is 19.4. The number of nitrogens with one attached hydrogen (secondary N) is 2. The summed E-state index contributed by atoms with van der Waals surface area (Å²) < 4.78 is 0. The number of piperidine rings is 1. The molecule has 1 unspecified atom stereocenters. The largest absolute Gasteiger partial charge is 0.351 e. The van der Waals surface area contributed by atoms with Gasteiger partial charge in [0.1, 0.15) is 0 Å². The molecular formula is C22H35N3O. The standard InChI is InChI=1S/C22H35N3O/c23-22(13-4-5-14-22)21(26)25-20(17-19-7-2-1-3-8-19)10-6-9-18-11-15-24-16-12-18/h1-3,7-8,18,20,24H,4-6,9-17,23H2,(H,25,26). The lowest BCUT2D eigenvalue weighted by atomic mass is 9.90. The minimum atomic E-state index is -0.635. The average Bonchev–Trinajstić information content (AvgIpc) is 3.11. The van der Waals surface area contributed by atoms with Gasteiger partial charge in [0, 0.05) is 6.04 Å². The number of nitrogens with two attached hydrogens (primary N) is 1. The summed E-state index contributed by atoms with van der Waals surface area (Å²) in [4.78, 5) is 12.8. The van der Waals surface area contributed by atoms with Gasteiger partial charge in [0.25, 0.3) is 0 Å². The van der Waals surface area contributed by atoms with Crippen LogP contribution in [0.25, 0.3) is 0 Å². The Kier molecular flexibility index (Phi) is 7.09. The van der Waals surface area contributed by atoms with Crippen LogP contribution in [0.3, 0.4) is 0 Å². The highest BCUT2D eigenvalue weighted by Gasteiger charge is 2.37. The van der Waals surface area contributed by atoms with E-state index in [1.54, 1.807) is 0 Å². The number of amides is 1. The van der Waals surface area contributed by atoms with Crippen LogP contribution in [0.2, 0.25) is 0 Å². The highest BCUT2D eigenvalue weighted by atomic mass is 16.2. The van der Waals surface area contributed by atoms with Crippen molar-refractivity contribution in [2.24, 2.45) is 11.7 Å². The molecule has 2 fully saturated rings. The highest BCUT2D eigenvalue weighted by molar-refractivity contribution is 5.86. The van der Waals surface area contributed by atoms with Gasteiger partial charge in [-0.3, -0.25) is 4.79 Å². The van der Waals surface area contributed by atoms with Crippen LogP contribution >= 0.6 is 0 Å². The predicted octanol–water partition coefficient (Wildman–Crippen LogP) is 3.16. The molecule has 26 heavy (non-hydrogen) atoms. The Balaban J connectivity index is 1.54. The van der Waals surface area contributed by atoms with E-state index in [1.165, 1.54) is 31.2 Å². The molecular weight excluding hydrogens is 322 g/mol. The minimum Gasteiger partial charge on any atom is -0.351 e. The first-order valence-corrected chi connectivity index (χ1v) is 10.5.